The Morgan fingerprint density at radius 1 is 0.826 bits per heavy atom. The molecule has 0 saturated carbocycles. The van der Waals surface area contributed by atoms with Crippen molar-refractivity contribution >= 4 is 22.1 Å². The lowest BCUT2D eigenvalue weighted by atomic mass is 10.1. The van der Waals surface area contributed by atoms with E-state index in [0.717, 1.165) is 33.7 Å². The average Bonchev–Trinajstić information content (AvgIpc) is 3.11. The summed E-state index contributed by atoms with van der Waals surface area (Å²) in [7, 11) is 0. The number of hydrogen-bond donors (Lipinski definition) is 2. The summed E-state index contributed by atoms with van der Waals surface area (Å²) < 4.78 is 5.74. The van der Waals surface area contributed by atoms with Crippen molar-refractivity contribution in [3.8, 4) is 0 Å². The average molecular weight is 306 g/mol. The Labute approximate surface area is 133 Å². The van der Waals surface area contributed by atoms with Gasteiger partial charge in [-0.2, -0.15) is 0 Å². The Morgan fingerprint density at radius 3 is 2.26 bits per heavy atom. The molecule has 0 unspecified atom stereocenters. The van der Waals surface area contributed by atoms with Crippen molar-refractivity contribution in [2.45, 2.75) is 27.1 Å². The lowest BCUT2D eigenvalue weighted by Crippen LogP contribution is -1.97. The fourth-order valence-electron chi connectivity index (χ4n) is 2.71. The smallest absolute Gasteiger partial charge is 0.133 e. The van der Waals surface area contributed by atoms with Gasteiger partial charge in [-0.05, 0) is 49.2 Å². The molecule has 0 saturated heterocycles. The summed E-state index contributed by atoms with van der Waals surface area (Å²) in [6.07, 6.45) is 0. The normalized spacial score (nSPS) is 11.6. The molecule has 2 aromatic carbocycles. The van der Waals surface area contributed by atoms with Crippen LogP contribution in [0.3, 0.4) is 0 Å². The highest BCUT2D eigenvalue weighted by atomic mass is 16.5. The van der Waals surface area contributed by atoms with E-state index in [2.05, 4.69) is 45.9 Å². The zero-order chi connectivity index (χ0) is 15.8. The van der Waals surface area contributed by atoms with E-state index < -0.39 is 0 Å². The first-order valence-electron chi connectivity index (χ1n) is 7.66. The van der Waals surface area contributed by atoms with Crippen LogP contribution < -0.4 is 0 Å². The van der Waals surface area contributed by atoms with Crippen LogP contribution >= 0.6 is 0 Å². The van der Waals surface area contributed by atoms with Gasteiger partial charge < -0.3 is 14.7 Å². The summed E-state index contributed by atoms with van der Waals surface area (Å²) >= 11 is 0. The second-order valence-electron chi connectivity index (χ2n) is 5.83. The number of fused-ring (bicyclic) bond motifs is 2. The van der Waals surface area contributed by atoms with Gasteiger partial charge in [0, 0.05) is 0 Å². The zero-order valence-corrected chi connectivity index (χ0v) is 13.2. The molecule has 23 heavy (non-hydrogen) atoms. The van der Waals surface area contributed by atoms with Crippen LogP contribution in [0.5, 0.6) is 0 Å². The number of ether oxygens (including phenoxy) is 1. The van der Waals surface area contributed by atoms with Crippen LogP contribution in [-0.4, -0.2) is 19.9 Å². The van der Waals surface area contributed by atoms with Crippen LogP contribution in [-0.2, 0) is 18.0 Å². The van der Waals surface area contributed by atoms with Crippen LogP contribution in [0.4, 0.5) is 0 Å². The lowest BCUT2D eigenvalue weighted by molar-refractivity contribution is 0.0979. The molecule has 0 radical (unpaired) electrons. The van der Waals surface area contributed by atoms with Gasteiger partial charge in [0.1, 0.15) is 24.9 Å². The Morgan fingerprint density at radius 2 is 1.48 bits per heavy atom. The summed E-state index contributed by atoms with van der Waals surface area (Å²) in [4.78, 5) is 15.6. The Hall–Kier alpha value is -2.66. The maximum Gasteiger partial charge on any atom is 0.133 e. The van der Waals surface area contributed by atoms with Gasteiger partial charge in [-0.25, -0.2) is 9.97 Å². The van der Waals surface area contributed by atoms with Gasteiger partial charge in [0.2, 0.25) is 0 Å². The van der Waals surface area contributed by atoms with Crippen molar-refractivity contribution in [1.82, 2.24) is 19.9 Å². The van der Waals surface area contributed by atoms with E-state index in [1.165, 1.54) is 11.1 Å². The first-order chi connectivity index (χ1) is 11.2. The number of benzene rings is 2. The Balaban J connectivity index is 1.46. The van der Waals surface area contributed by atoms with Gasteiger partial charge in [-0.15, -0.1) is 0 Å². The van der Waals surface area contributed by atoms with E-state index in [1.54, 1.807) is 0 Å². The van der Waals surface area contributed by atoms with Gasteiger partial charge in [0.05, 0.1) is 22.1 Å². The van der Waals surface area contributed by atoms with Gasteiger partial charge in [0.15, 0.2) is 0 Å². The Kier molecular flexibility index (Phi) is 3.35. The SMILES string of the molecule is Cc1cc2nc(COCc3nc4ccccc4[nH]3)[nH]c2cc1C. The minimum Gasteiger partial charge on any atom is -0.366 e. The minimum absolute atomic E-state index is 0.434. The molecule has 0 atom stereocenters. The second kappa shape index (κ2) is 5.52. The molecule has 0 bridgehead atoms. The van der Waals surface area contributed by atoms with E-state index in [9.17, 15) is 0 Å². The van der Waals surface area contributed by atoms with E-state index in [1.807, 2.05) is 24.3 Å². The molecule has 0 aliphatic heterocycles. The fraction of sp³-hybridized carbons (Fsp3) is 0.222. The number of H-pyrrole nitrogens is 2. The lowest BCUT2D eigenvalue weighted by Gasteiger charge is -1.98. The van der Waals surface area contributed by atoms with Crippen LogP contribution in [0.15, 0.2) is 36.4 Å². The third kappa shape index (κ3) is 2.71. The zero-order valence-electron chi connectivity index (χ0n) is 13.2. The standard InChI is InChI=1S/C18H18N4O/c1-11-7-15-16(8-12(11)2)22-18(21-15)10-23-9-17-19-13-5-3-4-6-14(13)20-17/h3-8H,9-10H2,1-2H3,(H,19,20)(H,21,22). The molecule has 5 heteroatoms. The maximum absolute atomic E-state index is 5.74. The summed E-state index contributed by atoms with van der Waals surface area (Å²) in [5.41, 5.74) is 6.53. The van der Waals surface area contributed by atoms with Crippen molar-refractivity contribution < 1.29 is 4.74 Å². The van der Waals surface area contributed by atoms with Gasteiger partial charge in [-0.1, -0.05) is 12.1 Å². The number of hydrogen-bond acceptors (Lipinski definition) is 3. The highest BCUT2D eigenvalue weighted by molar-refractivity contribution is 5.77. The number of imidazole rings is 2. The summed E-state index contributed by atoms with van der Waals surface area (Å²) in [6.45, 7) is 5.07. The van der Waals surface area contributed by atoms with Gasteiger partial charge >= 0.3 is 0 Å². The second-order valence-corrected chi connectivity index (χ2v) is 5.83. The van der Waals surface area contributed by atoms with Crippen LogP contribution in [0.25, 0.3) is 22.1 Å². The van der Waals surface area contributed by atoms with E-state index in [-0.39, 0.29) is 0 Å². The van der Waals surface area contributed by atoms with E-state index >= 15 is 0 Å². The molecule has 0 aliphatic rings. The predicted molar refractivity (Wildman–Crippen MR) is 90.2 cm³/mol. The minimum atomic E-state index is 0.434. The Bertz CT molecular complexity index is 911. The van der Waals surface area contributed by atoms with E-state index in [4.69, 9.17) is 4.74 Å². The predicted octanol–water partition coefficient (Wildman–Crippen LogP) is 3.77. The van der Waals surface area contributed by atoms with Crippen molar-refractivity contribution in [3.05, 3.63) is 59.2 Å². The third-order valence-electron chi connectivity index (χ3n) is 4.06. The first kappa shape index (κ1) is 14.0. The summed E-state index contributed by atoms with van der Waals surface area (Å²) in [6, 6.07) is 12.2. The highest BCUT2D eigenvalue weighted by Crippen LogP contribution is 2.18. The fourth-order valence-corrected chi connectivity index (χ4v) is 2.71. The topological polar surface area (TPSA) is 66.6 Å². The summed E-state index contributed by atoms with van der Waals surface area (Å²) in [5, 5.41) is 0. The van der Waals surface area contributed by atoms with Crippen molar-refractivity contribution in [2.75, 3.05) is 0 Å². The quantitative estimate of drug-likeness (QED) is 0.603. The molecular weight excluding hydrogens is 288 g/mol. The molecule has 2 heterocycles. The number of aromatic nitrogens is 4. The van der Waals surface area contributed by atoms with Crippen LogP contribution in [0.2, 0.25) is 0 Å². The third-order valence-corrected chi connectivity index (χ3v) is 4.06. The number of rotatable bonds is 4. The van der Waals surface area contributed by atoms with Crippen molar-refractivity contribution in [2.24, 2.45) is 0 Å². The van der Waals surface area contributed by atoms with Crippen molar-refractivity contribution in [3.63, 3.8) is 0 Å². The monoisotopic (exact) mass is 306 g/mol. The van der Waals surface area contributed by atoms with Crippen LogP contribution in [0, 0.1) is 13.8 Å². The molecule has 116 valence electrons. The molecule has 4 rings (SSSR count). The number of nitrogens with one attached hydrogen (secondary N) is 2. The molecule has 0 spiro atoms. The molecule has 2 aromatic heterocycles. The van der Waals surface area contributed by atoms with E-state index in [0.29, 0.717) is 13.2 Å². The van der Waals surface area contributed by atoms with Gasteiger partial charge in [-0.3, -0.25) is 0 Å². The maximum atomic E-state index is 5.74. The molecular formula is C18H18N4O. The summed E-state index contributed by atoms with van der Waals surface area (Å²) in [5.74, 6) is 1.66. The first-order valence-corrected chi connectivity index (χ1v) is 7.66. The highest BCUT2D eigenvalue weighted by Gasteiger charge is 2.06. The van der Waals surface area contributed by atoms with Crippen molar-refractivity contribution in [1.29, 1.82) is 0 Å². The number of aromatic amines is 2. The molecule has 0 fully saturated rings. The number of para-hydroxylation sites is 2. The molecule has 0 aliphatic carbocycles. The number of aryl methyl sites for hydroxylation is 2. The molecule has 4 aromatic rings. The largest absolute Gasteiger partial charge is 0.366 e. The molecule has 2 N–H and O–H groups in total. The molecule has 5 nitrogen and oxygen atoms in total. The molecule has 0 amide bonds. The van der Waals surface area contributed by atoms with Crippen LogP contribution in [0.1, 0.15) is 22.8 Å². The van der Waals surface area contributed by atoms with Gasteiger partial charge in [0.25, 0.3) is 0 Å². The number of nitrogens with zero attached hydrogens (tertiary/aromatic N) is 2.